The van der Waals surface area contributed by atoms with Crippen LogP contribution in [0.4, 0.5) is 0 Å². The fraction of sp³-hybridized carbons (Fsp3) is 0.625. The molecule has 0 spiro atoms. The molecule has 1 aliphatic heterocycles. The van der Waals surface area contributed by atoms with Gasteiger partial charge in [-0.25, -0.2) is 12.7 Å². The van der Waals surface area contributed by atoms with Crippen molar-refractivity contribution < 1.29 is 17.6 Å². The smallest absolute Gasteiger partial charge is 0.284 e. The van der Waals surface area contributed by atoms with Crippen LogP contribution in [0.3, 0.4) is 0 Å². The Hall–Kier alpha value is -2.07. The average Bonchev–Trinajstić information content (AvgIpc) is 3.08. The van der Waals surface area contributed by atoms with Gasteiger partial charge in [0.1, 0.15) is 5.76 Å². The molecule has 0 unspecified atom stereocenters. The highest BCUT2D eigenvalue weighted by molar-refractivity contribution is 7.89. The maximum absolute atomic E-state index is 12.1. The summed E-state index contributed by atoms with van der Waals surface area (Å²) in [5.41, 5.74) is 5.16. The summed E-state index contributed by atoms with van der Waals surface area (Å²) in [7, 11) is -1.47. The summed E-state index contributed by atoms with van der Waals surface area (Å²) in [5, 5.41) is 6.40. The zero-order valence-corrected chi connectivity index (χ0v) is 16.0. The molecule has 10 heteroatoms. The number of guanidine groups is 1. The van der Waals surface area contributed by atoms with Crippen LogP contribution in [-0.2, 0) is 16.6 Å². The summed E-state index contributed by atoms with van der Waals surface area (Å²) >= 11 is 0. The third-order valence-corrected chi connectivity index (χ3v) is 6.28. The van der Waals surface area contributed by atoms with Crippen molar-refractivity contribution in [2.75, 3.05) is 25.9 Å². The maximum Gasteiger partial charge on any atom is 0.284 e. The number of nitrogens with zero attached hydrogens (tertiary/aromatic N) is 2. The Morgan fingerprint density at radius 3 is 2.62 bits per heavy atom. The van der Waals surface area contributed by atoms with Crippen LogP contribution >= 0.6 is 0 Å². The van der Waals surface area contributed by atoms with E-state index < -0.39 is 15.9 Å². The minimum Gasteiger partial charge on any atom is -0.454 e. The van der Waals surface area contributed by atoms with Crippen molar-refractivity contribution in [1.82, 2.24) is 14.9 Å². The molecule has 0 aromatic carbocycles. The Labute approximate surface area is 154 Å². The van der Waals surface area contributed by atoms with Gasteiger partial charge in [0, 0.05) is 26.2 Å². The number of hydrogen-bond acceptors (Lipinski definition) is 5. The van der Waals surface area contributed by atoms with E-state index in [4.69, 9.17) is 10.2 Å². The van der Waals surface area contributed by atoms with Crippen LogP contribution < -0.4 is 16.4 Å². The van der Waals surface area contributed by atoms with Crippen LogP contribution in [0.5, 0.6) is 0 Å². The Balaban J connectivity index is 1.81. The molecule has 1 aromatic rings. The molecule has 0 radical (unpaired) electrons. The summed E-state index contributed by atoms with van der Waals surface area (Å²) in [6.45, 7) is 3.25. The van der Waals surface area contributed by atoms with Crippen LogP contribution in [0, 0.1) is 0 Å². The fourth-order valence-electron chi connectivity index (χ4n) is 2.83. The molecule has 9 nitrogen and oxygen atoms in total. The number of aliphatic imine (C=N–C) groups is 1. The molecule has 0 saturated carbocycles. The van der Waals surface area contributed by atoms with Gasteiger partial charge in [0.15, 0.2) is 11.7 Å². The van der Waals surface area contributed by atoms with E-state index in [9.17, 15) is 13.2 Å². The van der Waals surface area contributed by atoms with E-state index in [1.807, 2.05) is 6.92 Å². The van der Waals surface area contributed by atoms with Crippen LogP contribution in [0.1, 0.15) is 42.5 Å². The molecular weight excluding hydrogens is 358 g/mol. The molecule has 26 heavy (non-hydrogen) atoms. The molecule has 0 aliphatic carbocycles. The number of primary amides is 1. The lowest BCUT2D eigenvalue weighted by Crippen LogP contribution is -2.49. The number of nitrogens with one attached hydrogen (secondary N) is 2. The van der Waals surface area contributed by atoms with Gasteiger partial charge in [0.05, 0.1) is 12.3 Å². The number of amides is 1. The van der Waals surface area contributed by atoms with Crippen molar-refractivity contribution >= 4 is 21.9 Å². The first kappa shape index (κ1) is 20.2. The number of rotatable bonds is 7. The SMILES string of the molecule is CCCS(=O)(=O)N1CCC(NC(=NC)NCc2ccc(C(N)=O)o2)CC1. The van der Waals surface area contributed by atoms with Gasteiger partial charge >= 0.3 is 0 Å². The molecule has 2 rings (SSSR count). The molecular formula is C16H27N5O4S. The van der Waals surface area contributed by atoms with E-state index in [2.05, 4.69) is 15.6 Å². The molecule has 1 saturated heterocycles. The molecule has 1 aromatic heterocycles. The van der Waals surface area contributed by atoms with Gasteiger partial charge in [-0.1, -0.05) is 6.92 Å². The van der Waals surface area contributed by atoms with Crippen molar-refractivity contribution in [3.63, 3.8) is 0 Å². The first-order valence-corrected chi connectivity index (χ1v) is 10.3. The summed E-state index contributed by atoms with van der Waals surface area (Å²) in [6.07, 6.45) is 2.06. The first-order valence-electron chi connectivity index (χ1n) is 8.69. The number of piperidine rings is 1. The van der Waals surface area contributed by atoms with Gasteiger partial charge in [-0.3, -0.25) is 9.79 Å². The van der Waals surface area contributed by atoms with Crippen molar-refractivity contribution in [2.24, 2.45) is 10.7 Å². The van der Waals surface area contributed by atoms with Gasteiger partial charge in [-0.15, -0.1) is 0 Å². The largest absolute Gasteiger partial charge is 0.454 e. The van der Waals surface area contributed by atoms with Crippen molar-refractivity contribution in [3.05, 3.63) is 23.7 Å². The molecule has 1 fully saturated rings. The van der Waals surface area contributed by atoms with E-state index >= 15 is 0 Å². The van der Waals surface area contributed by atoms with Gasteiger partial charge in [0.2, 0.25) is 10.0 Å². The van der Waals surface area contributed by atoms with Crippen molar-refractivity contribution in [2.45, 2.75) is 38.8 Å². The normalized spacial score (nSPS) is 17.2. The molecule has 0 atom stereocenters. The molecule has 1 aliphatic rings. The second-order valence-electron chi connectivity index (χ2n) is 6.19. The Bertz CT molecular complexity index is 736. The van der Waals surface area contributed by atoms with Crippen LogP contribution in [0.25, 0.3) is 0 Å². The second kappa shape index (κ2) is 9.04. The van der Waals surface area contributed by atoms with Gasteiger partial charge < -0.3 is 20.8 Å². The van der Waals surface area contributed by atoms with Crippen molar-refractivity contribution in [1.29, 1.82) is 0 Å². The van der Waals surface area contributed by atoms with E-state index in [1.165, 1.54) is 6.07 Å². The summed E-state index contributed by atoms with van der Waals surface area (Å²) in [5.74, 6) is 0.873. The zero-order valence-electron chi connectivity index (χ0n) is 15.2. The Morgan fingerprint density at radius 2 is 2.08 bits per heavy atom. The van der Waals surface area contributed by atoms with Gasteiger partial charge in [0.25, 0.3) is 5.91 Å². The third kappa shape index (κ3) is 5.46. The minimum atomic E-state index is -3.13. The summed E-state index contributed by atoms with van der Waals surface area (Å²) < 4.78 is 31.1. The van der Waals surface area contributed by atoms with Crippen LogP contribution in [0.2, 0.25) is 0 Å². The van der Waals surface area contributed by atoms with E-state index in [0.29, 0.717) is 37.8 Å². The maximum atomic E-state index is 12.1. The highest BCUT2D eigenvalue weighted by Gasteiger charge is 2.27. The summed E-state index contributed by atoms with van der Waals surface area (Å²) in [6, 6.07) is 3.35. The minimum absolute atomic E-state index is 0.116. The number of hydrogen-bond donors (Lipinski definition) is 3. The van der Waals surface area contributed by atoms with Crippen LogP contribution in [-0.4, -0.2) is 56.5 Å². The topological polar surface area (TPSA) is 130 Å². The molecule has 4 N–H and O–H groups in total. The predicted octanol–water partition coefficient (Wildman–Crippen LogP) is 0.248. The van der Waals surface area contributed by atoms with Gasteiger partial charge in [-0.05, 0) is 31.4 Å². The molecule has 2 heterocycles. The highest BCUT2D eigenvalue weighted by atomic mass is 32.2. The zero-order chi connectivity index (χ0) is 19.2. The standard InChI is InChI=1S/C16H27N5O4S/c1-3-10-26(23,24)21-8-6-12(7-9-21)20-16(18-2)19-11-13-4-5-14(25-13)15(17)22/h4-5,12H,3,6-11H2,1-2H3,(H2,17,22)(H2,18,19,20). The van der Waals surface area contributed by atoms with Crippen molar-refractivity contribution in [3.8, 4) is 0 Å². The van der Waals surface area contributed by atoms with E-state index in [0.717, 1.165) is 12.8 Å². The van der Waals surface area contributed by atoms with E-state index in [1.54, 1.807) is 17.4 Å². The Kier molecular flexibility index (Phi) is 7.04. The lowest BCUT2D eigenvalue weighted by molar-refractivity contribution is 0.0972. The fourth-order valence-corrected chi connectivity index (χ4v) is 4.37. The lowest BCUT2D eigenvalue weighted by atomic mass is 10.1. The molecule has 0 bridgehead atoms. The second-order valence-corrected chi connectivity index (χ2v) is 8.28. The predicted molar refractivity (Wildman–Crippen MR) is 99.2 cm³/mol. The lowest BCUT2D eigenvalue weighted by Gasteiger charge is -2.32. The molecule has 1 amide bonds. The number of nitrogens with two attached hydrogens (primary N) is 1. The van der Waals surface area contributed by atoms with E-state index in [-0.39, 0.29) is 17.6 Å². The number of carbonyl (C=O) groups is 1. The monoisotopic (exact) mass is 385 g/mol. The van der Waals surface area contributed by atoms with Gasteiger partial charge in [-0.2, -0.15) is 0 Å². The number of carbonyl (C=O) groups excluding carboxylic acids is 1. The first-order chi connectivity index (χ1) is 12.4. The molecule has 146 valence electrons. The van der Waals surface area contributed by atoms with Crippen LogP contribution in [0.15, 0.2) is 21.5 Å². The third-order valence-electron chi connectivity index (χ3n) is 4.21. The highest BCUT2D eigenvalue weighted by Crippen LogP contribution is 2.15. The number of furan rings is 1. The number of sulfonamides is 1. The Morgan fingerprint density at radius 1 is 1.38 bits per heavy atom. The average molecular weight is 385 g/mol. The summed E-state index contributed by atoms with van der Waals surface area (Å²) in [4.78, 5) is 15.2. The quantitative estimate of drug-likeness (QED) is 0.455.